The quantitative estimate of drug-likeness (QED) is 0.670. The highest BCUT2D eigenvalue weighted by Gasteiger charge is 2.12. The highest BCUT2D eigenvalue weighted by molar-refractivity contribution is 5.69. The fourth-order valence-corrected chi connectivity index (χ4v) is 0.819. The van der Waals surface area contributed by atoms with Gasteiger partial charge in [0.15, 0.2) is 0 Å². The van der Waals surface area contributed by atoms with E-state index in [2.05, 4.69) is 0 Å². The first-order valence-corrected chi connectivity index (χ1v) is 4.29. The van der Waals surface area contributed by atoms with Crippen LogP contribution in [0.2, 0.25) is 0 Å². The van der Waals surface area contributed by atoms with Gasteiger partial charge in [-0.25, -0.2) is 14.8 Å². The van der Waals surface area contributed by atoms with Crippen LogP contribution in [0.3, 0.4) is 0 Å². The number of carbonyl (C=O) groups is 1. The van der Waals surface area contributed by atoms with Gasteiger partial charge >= 0.3 is 6.09 Å². The number of amides is 1. The minimum absolute atomic E-state index is 0.402. The van der Waals surface area contributed by atoms with Gasteiger partial charge in [-0.1, -0.05) is 18.2 Å². The van der Waals surface area contributed by atoms with Crippen molar-refractivity contribution >= 4 is 6.09 Å². The minimum atomic E-state index is -0.402. The van der Waals surface area contributed by atoms with Gasteiger partial charge in [-0.3, -0.25) is 0 Å². The SMILES string of the molecule is CN(C)N(C)C(=O)Oc1ccccc1. The van der Waals surface area contributed by atoms with Crippen molar-refractivity contribution in [2.24, 2.45) is 0 Å². The Morgan fingerprint density at radius 3 is 2.21 bits per heavy atom. The molecule has 1 amide bonds. The molecule has 0 aliphatic rings. The van der Waals surface area contributed by atoms with Crippen LogP contribution in [0.5, 0.6) is 5.75 Å². The molecule has 0 bridgehead atoms. The molecular formula is C10H14N2O2. The second-order valence-electron chi connectivity index (χ2n) is 3.05. The molecule has 0 unspecified atom stereocenters. The smallest absolute Gasteiger partial charge is 0.409 e. The molecule has 0 aliphatic carbocycles. The standard InChI is InChI=1S/C10H14N2O2/c1-11(2)12(3)10(13)14-9-7-5-4-6-8-9/h4-8H,1-3H3. The molecule has 1 aromatic carbocycles. The van der Waals surface area contributed by atoms with E-state index in [1.54, 1.807) is 38.3 Å². The van der Waals surface area contributed by atoms with E-state index in [1.165, 1.54) is 5.01 Å². The minimum Gasteiger partial charge on any atom is -0.409 e. The van der Waals surface area contributed by atoms with Crippen LogP contribution in [0, 0.1) is 0 Å². The molecule has 4 nitrogen and oxygen atoms in total. The van der Waals surface area contributed by atoms with Crippen molar-refractivity contribution in [3.05, 3.63) is 30.3 Å². The molecule has 0 N–H and O–H groups in total. The molecule has 0 atom stereocenters. The summed E-state index contributed by atoms with van der Waals surface area (Å²) in [7, 11) is 5.18. The lowest BCUT2D eigenvalue weighted by Crippen LogP contribution is -2.40. The van der Waals surface area contributed by atoms with E-state index < -0.39 is 6.09 Å². The van der Waals surface area contributed by atoms with E-state index in [0.29, 0.717) is 5.75 Å². The number of para-hydroxylation sites is 1. The topological polar surface area (TPSA) is 32.8 Å². The van der Waals surface area contributed by atoms with Gasteiger partial charge in [-0.05, 0) is 12.1 Å². The maximum atomic E-state index is 11.4. The number of hydrogen-bond donors (Lipinski definition) is 0. The number of ether oxygens (including phenoxy) is 1. The number of nitrogens with zero attached hydrogens (tertiary/aromatic N) is 2. The van der Waals surface area contributed by atoms with Crippen LogP contribution >= 0.6 is 0 Å². The van der Waals surface area contributed by atoms with Gasteiger partial charge in [0, 0.05) is 21.1 Å². The molecule has 0 radical (unpaired) electrons. The summed E-state index contributed by atoms with van der Waals surface area (Å²) in [5.41, 5.74) is 0. The predicted molar refractivity (Wildman–Crippen MR) is 53.9 cm³/mol. The lowest BCUT2D eigenvalue weighted by Gasteiger charge is -2.23. The lowest BCUT2D eigenvalue weighted by molar-refractivity contribution is 0.0588. The summed E-state index contributed by atoms with van der Waals surface area (Å²) < 4.78 is 5.08. The van der Waals surface area contributed by atoms with Crippen LogP contribution < -0.4 is 4.74 Å². The number of hydrazine groups is 1. The maximum Gasteiger partial charge on any atom is 0.429 e. The van der Waals surface area contributed by atoms with Crippen molar-refractivity contribution in [1.82, 2.24) is 10.0 Å². The number of carbonyl (C=O) groups excluding carboxylic acids is 1. The molecule has 1 rings (SSSR count). The third-order valence-electron chi connectivity index (χ3n) is 1.81. The van der Waals surface area contributed by atoms with Crippen molar-refractivity contribution < 1.29 is 9.53 Å². The van der Waals surface area contributed by atoms with Gasteiger partial charge in [0.05, 0.1) is 0 Å². The van der Waals surface area contributed by atoms with Gasteiger partial charge in [-0.15, -0.1) is 0 Å². The third kappa shape index (κ3) is 2.74. The molecule has 76 valence electrons. The van der Waals surface area contributed by atoms with Crippen molar-refractivity contribution in [1.29, 1.82) is 0 Å². The fourth-order valence-electron chi connectivity index (χ4n) is 0.819. The molecule has 4 heteroatoms. The summed E-state index contributed by atoms with van der Waals surface area (Å²) in [5.74, 6) is 0.547. The third-order valence-corrected chi connectivity index (χ3v) is 1.81. The highest BCUT2D eigenvalue weighted by atomic mass is 16.6. The number of hydrogen-bond acceptors (Lipinski definition) is 3. The largest absolute Gasteiger partial charge is 0.429 e. The normalized spacial score (nSPS) is 10.0. The van der Waals surface area contributed by atoms with Crippen LogP contribution in [0.25, 0.3) is 0 Å². The van der Waals surface area contributed by atoms with E-state index in [0.717, 1.165) is 0 Å². The van der Waals surface area contributed by atoms with Crippen LogP contribution in [-0.4, -0.2) is 37.3 Å². The Morgan fingerprint density at radius 2 is 1.71 bits per heavy atom. The van der Waals surface area contributed by atoms with E-state index in [9.17, 15) is 4.79 Å². The number of rotatable bonds is 2. The predicted octanol–water partition coefficient (Wildman–Crippen LogP) is 1.59. The molecule has 0 saturated carbocycles. The molecule has 0 aromatic heterocycles. The van der Waals surface area contributed by atoms with Crippen LogP contribution in [0.15, 0.2) is 30.3 Å². The van der Waals surface area contributed by atoms with Gasteiger partial charge in [0.2, 0.25) is 0 Å². The zero-order valence-electron chi connectivity index (χ0n) is 8.60. The molecule has 0 heterocycles. The van der Waals surface area contributed by atoms with Crippen LogP contribution in [0.1, 0.15) is 0 Å². The molecule has 14 heavy (non-hydrogen) atoms. The molecular weight excluding hydrogens is 180 g/mol. The van der Waals surface area contributed by atoms with Crippen molar-refractivity contribution in [3.8, 4) is 5.75 Å². The average Bonchev–Trinajstić information content (AvgIpc) is 2.18. The summed E-state index contributed by atoms with van der Waals surface area (Å²) in [4.78, 5) is 11.4. The zero-order chi connectivity index (χ0) is 10.6. The first-order valence-electron chi connectivity index (χ1n) is 4.29. The summed E-state index contributed by atoms with van der Waals surface area (Å²) in [6.45, 7) is 0. The summed E-state index contributed by atoms with van der Waals surface area (Å²) in [5, 5.41) is 3.03. The zero-order valence-corrected chi connectivity index (χ0v) is 8.60. The lowest BCUT2D eigenvalue weighted by atomic mass is 10.3. The summed E-state index contributed by atoms with van der Waals surface area (Å²) in [6, 6.07) is 8.98. The highest BCUT2D eigenvalue weighted by Crippen LogP contribution is 2.09. The van der Waals surface area contributed by atoms with E-state index in [1.807, 2.05) is 18.2 Å². The second-order valence-corrected chi connectivity index (χ2v) is 3.05. The van der Waals surface area contributed by atoms with Crippen molar-refractivity contribution in [2.45, 2.75) is 0 Å². The monoisotopic (exact) mass is 194 g/mol. The fraction of sp³-hybridized carbons (Fsp3) is 0.300. The number of benzene rings is 1. The van der Waals surface area contributed by atoms with Gasteiger partial charge < -0.3 is 4.74 Å². The Labute approximate surface area is 83.7 Å². The Morgan fingerprint density at radius 1 is 1.14 bits per heavy atom. The van der Waals surface area contributed by atoms with Crippen molar-refractivity contribution in [3.63, 3.8) is 0 Å². The van der Waals surface area contributed by atoms with Crippen molar-refractivity contribution in [2.75, 3.05) is 21.1 Å². The maximum absolute atomic E-state index is 11.4. The van der Waals surface area contributed by atoms with Crippen LogP contribution in [0.4, 0.5) is 4.79 Å². The van der Waals surface area contributed by atoms with Gasteiger partial charge in [0.1, 0.15) is 5.75 Å². The van der Waals surface area contributed by atoms with Gasteiger partial charge in [-0.2, -0.15) is 0 Å². The average molecular weight is 194 g/mol. The Kier molecular flexibility index (Phi) is 3.48. The van der Waals surface area contributed by atoms with E-state index >= 15 is 0 Å². The Hall–Kier alpha value is -1.55. The summed E-state index contributed by atoms with van der Waals surface area (Å²) in [6.07, 6.45) is -0.402. The summed E-state index contributed by atoms with van der Waals surface area (Å²) >= 11 is 0. The van der Waals surface area contributed by atoms with Gasteiger partial charge in [0.25, 0.3) is 0 Å². The van der Waals surface area contributed by atoms with E-state index in [-0.39, 0.29) is 0 Å². The second kappa shape index (κ2) is 4.62. The first-order chi connectivity index (χ1) is 6.61. The Balaban J connectivity index is 2.58. The molecule has 0 aliphatic heterocycles. The molecule has 0 fully saturated rings. The Bertz CT molecular complexity index is 298. The first kappa shape index (κ1) is 10.5. The molecule has 0 saturated heterocycles. The van der Waals surface area contributed by atoms with Crippen LogP contribution in [-0.2, 0) is 0 Å². The molecule has 1 aromatic rings. The molecule has 0 spiro atoms. The van der Waals surface area contributed by atoms with E-state index in [4.69, 9.17) is 4.74 Å².